The molecule has 3 rings (SSSR count). The molecule has 0 heterocycles. The van der Waals surface area contributed by atoms with Gasteiger partial charge in [0.2, 0.25) is 0 Å². The molecule has 0 amide bonds. The highest BCUT2D eigenvalue weighted by molar-refractivity contribution is 5.28. The number of likely N-dealkylation sites (N-methyl/N-ethyl adjacent to an activating group) is 2. The first-order valence-corrected chi connectivity index (χ1v) is 7.80. The Labute approximate surface area is 127 Å². The monoisotopic (exact) mass is 280 g/mol. The summed E-state index contributed by atoms with van der Waals surface area (Å²) in [6.45, 7) is 0. The van der Waals surface area contributed by atoms with Gasteiger partial charge >= 0.3 is 0 Å². The number of rotatable bonds is 6. The Kier molecular flexibility index (Phi) is 4.37. The summed E-state index contributed by atoms with van der Waals surface area (Å²) in [5.41, 5.74) is 2.73. The Balaban J connectivity index is 1.97. The zero-order valence-corrected chi connectivity index (χ0v) is 12.9. The van der Waals surface area contributed by atoms with E-state index in [1.807, 2.05) is 0 Å². The summed E-state index contributed by atoms with van der Waals surface area (Å²) in [5, 5.41) is 3.54. The van der Waals surface area contributed by atoms with Gasteiger partial charge in [0.1, 0.15) is 0 Å². The van der Waals surface area contributed by atoms with Crippen molar-refractivity contribution in [2.75, 3.05) is 14.1 Å². The van der Waals surface area contributed by atoms with Crippen molar-refractivity contribution in [2.45, 2.75) is 31.0 Å². The maximum atomic E-state index is 3.54. The number of hydrogen-bond donors (Lipinski definition) is 1. The summed E-state index contributed by atoms with van der Waals surface area (Å²) >= 11 is 0. The fourth-order valence-corrected chi connectivity index (χ4v) is 3.19. The molecule has 1 aliphatic carbocycles. The van der Waals surface area contributed by atoms with Crippen LogP contribution in [0.4, 0.5) is 0 Å². The standard InChI is InChI=1S/C19H24N2/c1-20-18(15-9-5-3-6-10-15)19(21(2)17-13-14-17)16-11-7-4-8-12-16/h3-12,17-20H,13-14H2,1-2H3. The SMILES string of the molecule is CNC(c1ccccc1)C(c1ccccc1)N(C)C1CC1. The van der Waals surface area contributed by atoms with Crippen LogP contribution in [0.5, 0.6) is 0 Å². The van der Waals surface area contributed by atoms with Crippen LogP contribution >= 0.6 is 0 Å². The van der Waals surface area contributed by atoms with Crippen molar-refractivity contribution >= 4 is 0 Å². The molecule has 0 aromatic heterocycles. The molecule has 0 radical (unpaired) electrons. The molecule has 2 nitrogen and oxygen atoms in total. The molecule has 0 bridgehead atoms. The first-order valence-electron chi connectivity index (χ1n) is 7.80. The highest BCUT2D eigenvalue weighted by Gasteiger charge is 2.35. The lowest BCUT2D eigenvalue weighted by atomic mass is 9.92. The molecule has 1 saturated carbocycles. The van der Waals surface area contributed by atoms with Gasteiger partial charge in [-0.2, -0.15) is 0 Å². The molecule has 2 aromatic rings. The molecule has 2 aromatic carbocycles. The molecule has 2 unspecified atom stereocenters. The maximum absolute atomic E-state index is 3.54. The second kappa shape index (κ2) is 6.42. The van der Waals surface area contributed by atoms with Crippen LogP contribution in [0, 0.1) is 0 Å². The third-order valence-corrected chi connectivity index (χ3v) is 4.49. The Morgan fingerprint density at radius 1 is 0.905 bits per heavy atom. The lowest BCUT2D eigenvalue weighted by Gasteiger charge is -2.35. The smallest absolute Gasteiger partial charge is 0.0543 e. The van der Waals surface area contributed by atoms with E-state index in [1.54, 1.807) is 0 Å². The Hall–Kier alpha value is -1.64. The minimum atomic E-state index is 0.305. The summed E-state index contributed by atoms with van der Waals surface area (Å²) in [5.74, 6) is 0. The topological polar surface area (TPSA) is 15.3 Å². The van der Waals surface area contributed by atoms with Crippen LogP contribution in [0.3, 0.4) is 0 Å². The quantitative estimate of drug-likeness (QED) is 0.866. The predicted octanol–water partition coefficient (Wildman–Crippen LogP) is 3.78. The van der Waals surface area contributed by atoms with Crippen LogP contribution in [0.15, 0.2) is 60.7 Å². The highest BCUT2D eigenvalue weighted by atomic mass is 15.2. The highest BCUT2D eigenvalue weighted by Crippen LogP contribution is 2.39. The van der Waals surface area contributed by atoms with E-state index < -0.39 is 0 Å². The van der Waals surface area contributed by atoms with E-state index in [4.69, 9.17) is 0 Å². The maximum Gasteiger partial charge on any atom is 0.0543 e. The first kappa shape index (κ1) is 14.3. The molecular formula is C19H24N2. The zero-order valence-electron chi connectivity index (χ0n) is 12.9. The molecule has 0 saturated heterocycles. The minimum Gasteiger partial charge on any atom is -0.311 e. The fourth-order valence-electron chi connectivity index (χ4n) is 3.19. The van der Waals surface area contributed by atoms with Gasteiger partial charge in [0.15, 0.2) is 0 Å². The van der Waals surface area contributed by atoms with Crippen LogP contribution < -0.4 is 5.32 Å². The third-order valence-electron chi connectivity index (χ3n) is 4.49. The van der Waals surface area contributed by atoms with Crippen LogP contribution in [-0.2, 0) is 0 Å². The number of nitrogens with zero attached hydrogens (tertiary/aromatic N) is 1. The normalized spacial score (nSPS) is 17.7. The molecule has 21 heavy (non-hydrogen) atoms. The molecular weight excluding hydrogens is 256 g/mol. The van der Waals surface area contributed by atoms with E-state index >= 15 is 0 Å². The van der Waals surface area contributed by atoms with E-state index in [1.165, 1.54) is 24.0 Å². The second-order valence-electron chi connectivity index (χ2n) is 5.93. The van der Waals surface area contributed by atoms with E-state index in [0.29, 0.717) is 12.1 Å². The Morgan fingerprint density at radius 2 is 1.43 bits per heavy atom. The summed E-state index contributed by atoms with van der Waals surface area (Å²) in [6, 6.07) is 23.0. The largest absolute Gasteiger partial charge is 0.311 e. The fraction of sp³-hybridized carbons (Fsp3) is 0.368. The average molecular weight is 280 g/mol. The van der Waals surface area contributed by atoms with E-state index in [0.717, 1.165) is 6.04 Å². The summed E-state index contributed by atoms with van der Waals surface area (Å²) < 4.78 is 0. The minimum absolute atomic E-state index is 0.305. The molecule has 110 valence electrons. The third kappa shape index (κ3) is 3.17. The number of nitrogens with one attached hydrogen (secondary N) is 1. The molecule has 2 heteroatoms. The summed E-state index contributed by atoms with van der Waals surface area (Å²) in [7, 11) is 4.33. The van der Waals surface area contributed by atoms with E-state index in [2.05, 4.69) is 85.0 Å². The van der Waals surface area contributed by atoms with Gasteiger partial charge in [0.05, 0.1) is 12.1 Å². The van der Waals surface area contributed by atoms with Gasteiger partial charge in [-0.1, -0.05) is 60.7 Å². The van der Waals surface area contributed by atoms with Gasteiger partial charge in [0, 0.05) is 6.04 Å². The Bertz CT molecular complexity index is 548. The average Bonchev–Trinajstić information content (AvgIpc) is 3.38. The summed E-state index contributed by atoms with van der Waals surface area (Å²) in [6.07, 6.45) is 2.65. The van der Waals surface area contributed by atoms with Crippen molar-refractivity contribution in [3.05, 3.63) is 71.8 Å². The first-order chi connectivity index (χ1) is 10.3. The lowest BCUT2D eigenvalue weighted by Crippen LogP contribution is -2.36. The number of hydrogen-bond acceptors (Lipinski definition) is 2. The molecule has 2 atom stereocenters. The van der Waals surface area contributed by atoms with Gasteiger partial charge in [0.25, 0.3) is 0 Å². The van der Waals surface area contributed by atoms with Crippen molar-refractivity contribution in [1.29, 1.82) is 0 Å². The van der Waals surface area contributed by atoms with Crippen LogP contribution in [-0.4, -0.2) is 25.0 Å². The molecule has 1 aliphatic rings. The van der Waals surface area contributed by atoms with Crippen molar-refractivity contribution < 1.29 is 0 Å². The Morgan fingerprint density at radius 3 is 1.90 bits per heavy atom. The summed E-state index contributed by atoms with van der Waals surface area (Å²) in [4.78, 5) is 2.55. The van der Waals surface area contributed by atoms with Crippen molar-refractivity contribution in [3.63, 3.8) is 0 Å². The molecule has 1 fully saturated rings. The predicted molar refractivity (Wildman–Crippen MR) is 88.2 cm³/mol. The van der Waals surface area contributed by atoms with Crippen molar-refractivity contribution in [1.82, 2.24) is 10.2 Å². The molecule has 0 spiro atoms. The van der Waals surface area contributed by atoms with E-state index in [-0.39, 0.29) is 0 Å². The van der Waals surface area contributed by atoms with Crippen molar-refractivity contribution in [3.8, 4) is 0 Å². The number of benzene rings is 2. The molecule has 0 aliphatic heterocycles. The van der Waals surface area contributed by atoms with Crippen LogP contribution in [0.2, 0.25) is 0 Å². The van der Waals surface area contributed by atoms with Crippen LogP contribution in [0.1, 0.15) is 36.1 Å². The van der Waals surface area contributed by atoms with Gasteiger partial charge in [-0.3, -0.25) is 4.90 Å². The van der Waals surface area contributed by atoms with Gasteiger partial charge in [-0.15, -0.1) is 0 Å². The second-order valence-corrected chi connectivity index (χ2v) is 5.93. The van der Waals surface area contributed by atoms with Crippen molar-refractivity contribution in [2.24, 2.45) is 0 Å². The van der Waals surface area contributed by atoms with E-state index in [9.17, 15) is 0 Å². The van der Waals surface area contributed by atoms with Gasteiger partial charge in [-0.05, 0) is 38.1 Å². The molecule has 1 N–H and O–H groups in total. The van der Waals surface area contributed by atoms with Crippen LogP contribution in [0.25, 0.3) is 0 Å². The van der Waals surface area contributed by atoms with Gasteiger partial charge in [-0.25, -0.2) is 0 Å². The zero-order chi connectivity index (χ0) is 14.7. The lowest BCUT2D eigenvalue weighted by molar-refractivity contribution is 0.189. The van der Waals surface area contributed by atoms with Gasteiger partial charge < -0.3 is 5.32 Å².